The molecular weight excluding hydrogens is 459 g/mol. The van der Waals surface area contributed by atoms with Gasteiger partial charge in [-0.05, 0) is 31.7 Å². The molecule has 182 valence electrons. The first-order valence-corrected chi connectivity index (χ1v) is 11.3. The zero-order valence-corrected chi connectivity index (χ0v) is 19.2. The molecule has 1 aliphatic carbocycles. The molecule has 0 radical (unpaired) electrons. The lowest BCUT2D eigenvalue weighted by molar-refractivity contribution is 0.0921. The van der Waals surface area contributed by atoms with E-state index in [1.54, 1.807) is 42.0 Å². The summed E-state index contributed by atoms with van der Waals surface area (Å²) in [4.78, 5) is 24.8. The van der Waals surface area contributed by atoms with Crippen molar-refractivity contribution in [1.29, 1.82) is 0 Å². The summed E-state index contributed by atoms with van der Waals surface area (Å²) >= 11 is 0. The van der Waals surface area contributed by atoms with E-state index >= 15 is 0 Å². The van der Waals surface area contributed by atoms with E-state index in [-0.39, 0.29) is 29.5 Å². The quantitative estimate of drug-likeness (QED) is 0.449. The number of aromatic nitrogens is 5. The van der Waals surface area contributed by atoms with Crippen molar-refractivity contribution < 1.29 is 18.0 Å². The number of amides is 1. The normalized spacial score (nSPS) is 18.1. The van der Waals surface area contributed by atoms with Gasteiger partial charge in [-0.3, -0.25) is 4.79 Å². The second-order valence-corrected chi connectivity index (χ2v) is 8.93. The first-order valence-electron chi connectivity index (χ1n) is 11.3. The Morgan fingerprint density at radius 2 is 1.86 bits per heavy atom. The summed E-state index contributed by atoms with van der Waals surface area (Å²) in [5.41, 5.74) is 1.02. The molecule has 1 saturated carbocycles. The molecule has 0 saturated heterocycles. The number of pyridine rings is 2. The second kappa shape index (κ2) is 9.05. The first-order chi connectivity index (χ1) is 16.8. The predicted octanol–water partition coefficient (Wildman–Crippen LogP) is 3.94. The molecule has 2 atom stereocenters. The second-order valence-electron chi connectivity index (χ2n) is 8.93. The highest BCUT2D eigenvalue weighted by Gasteiger charge is 2.26. The van der Waals surface area contributed by atoms with E-state index < -0.39 is 17.5 Å². The van der Waals surface area contributed by atoms with Gasteiger partial charge in [0.2, 0.25) is 0 Å². The monoisotopic (exact) mass is 483 g/mol. The Labute approximate surface area is 199 Å². The Balaban J connectivity index is 1.37. The van der Waals surface area contributed by atoms with E-state index in [1.165, 1.54) is 6.07 Å². The molecular formula is C24H24F3N7O. The summed E-state index contributed by atoms with van der Waals surface area (Å²) in [5, 5.41) is 6.44. The lowest BCUT2D eigenvalue weighted by atomic mass is 9.91. The molecule has 4 heterocycles. The van der Waals surface area contributed by atoms with Crippen LogP contribution in [0.25, 0.3) is 22.3 Å². The topological polar surface area (TPSA) is 89.7 Å². The molecule has 11 heteroatoms. The highest BCUT2D eigenvalue weighted by molar-refractivity contribution is 5.93. The third-order valence-electron chi connectivity index (χ3n) is 6.25. The average molecular weight is 483 g/mol. The van der Waals surface area contributed by atoms with Gasteiger partial charge in [0.25, 0.3) is 5.91 Å². The van der Waals surface area contributed by atoms with Crippen molar-refractivity contribution in [3.05, 3.63) is 60.2 Å². The number of anilines is 1. The maximum Gasteiger partial charge on any atom is 0.271 e. The maximum atomic E-state index is 14.8. The number of nitrogens with zero attached hydrogens (tertiary/aromatic N) is 5. The number of rotatable bonds is 5. The summed E-state index contributed by atoms with van der Waals surface area (Å²) < 4.78 is 46.7. The zero-order valence-electron chi connectivity index (χ0n) is 19.2. The summed E-state index contributed by atoms with van der Waals surface area (Å²) in [7, 11) is 3.49. The van der Waals surface area contributed by atoms with E-state index in [0.717, 1.165) is 31.5 Å². The van der Waals surface area contributed by atoms with E-state index in [9.17, 15) is 18.0 Å². The van der Waals surface area contributed by atoms with Crippen LogP contribution in [0.15, 0.2) is 37.1 Å². The van der Waals surface area contributed by atoms with Crippen LogP contribution in [0.2, 0.25) is 0 Å². The zero-order chi connectivity index (χ0) is 24.7. The van der Waals surface area contributed by atoms with Gasteiger partial charge in [0.15, 0.2) is 17.5 Å². The van der Waals surface area contributed by atoms with Crippen molar-refractivity contribution in [3.63, 3.8) is 0 Å². The average Bonchev–Trinajstić information content (AvgIpc) is 3.39. The molecule has 35 heavy (non-hydrogen) atoms. The fourth-order valence-corrected chi connectivity index (χ4v) is 4.62. The Morgan fingerprint density at radius 1 is 1.06 bits per heavy atom. The van der Waals surface area contributed by atoms with Gasteiger partial charge in [0, 0.05) is 55.6 Å². The lowest BCUT2D eigenvalue weighted by Crippen LogP contribution is -2.42. The fraction of sp³-hybridized carbons (Fsp3) is 0.333. The largest absolute Gasteiger partial charge is 0.365 e. The Hall–Kier alpha value is -3.89. The fourth-order valence-electron chi connectivity index (χ4n) is 4.62. The van der Waals surface area contributed by atoms with E-state index in [4.69, 9.17) is 0 Å². The number of hydrogen-bond donors (Lipinski definition) is 2. The van der Waals surface area contributed by atoms with Crippen molar-refractivity contribution in [2.75, 3.05) is 5.32 Å². The maximum absolute atomic E-state index is 14.8. The number of aryl methyl sites for hydroxylation is 2. The molecule has 0 bridgehead atoms. The van der Waals surface area contributed by atoms with Crippen LogP contribution in [0.1, 0.15) is 36.2 Å². The van der Waals surface area contributed by atoms with Crippen LogP contribution >= 0.6 is 0 Å². The molecule has 0 spiro atoms. The summed E-state index contributed by atoms with van der Waals surface area (Å²) in [6.07, 6.45) is 8.77. The standard InChI is InChI=1S/C24H24F3N7O/c1-33-11-20(29-12-33)24(35)31-15-5-3-4-14(7-15)30-22-19(27)8-18(26)21(32-22)17-10-34(2)23-16(17)6-13(25)9-28-23/h6,8-12,14-15H,3-5,7H2,1-2H3,(H,30,32)(H,31,35). The number of carbonyl (C=O) groups is 1. The van der Waals surface area contributed by atoms with Crippen LogP contribution in [-0.2, 0) is 14.1 Å². The summed E-state index contributed by atoms with van der Waals surface area (Å²) in [6, 6.07) is 1.74. The lowest BCUT2D eigenvalue weighted by Gasteiger charge is -2.30. The number of imidazole rings is 1. The number of fused-ring (bicyclic) bond motifs is 1. The predicted molar refractivity (Wildman–Crippen MR) is 124 cm³/mol. The molecule has 2 unspecified atom stereocenters. The summed E-state index contributed by atoms with van der Waals surface area (Å²) in [6.45, 7) is 0. The molecule has 5 rings (SSSR count). The minimum atomic E-state index is -0.853. The third-order valence-corrected chi connectivity index (χ3v) is 6.25. The van der Waals surface area contributed by atoms with Gasteiger partial charge in [-0.15, -0.1) is 0 Å². The molecule has 8 nitrogen and oxygen atoms in total. The highest BCUT2D eigenvalue weighted by atomic mass is 19.1. The van der Waals surface area contributed by atoms with Crippen molar-refractivity contribution >= 4 is 22.8 Å². The van der Waals surface area contributed by atoms with Crippen LogP contribution in [0.4, 0.5) is 19.0 Å². The van der Waals surface area contributed by atoms with E-state index in [2.05, 4.69) is 25.6 Å². The Morgan fingerprint density at radius 3 is 2.63 bits per heavy atom. The minimum Gasteiger partial charge on any atom is -0.365 e. The Bertz CT molecular complexity index is 1410. The van der Waals surface area contributed by atoms with Gasteiger partial charge < -0.3 is 19.8 Å². The van der Waals surface area contributed by atoms with Gasteiger partial charge >= 0.3 is 0 Å². The van der Waals surface area contributed by atoms with Crippen LogP contribution in [0, 0.1) is 17.5 Å². The third kappa shape index (κ3) is 4.58. The van der Waals surface area contributed by atoms with Crippen LogP contribution < -0.4 is 10.6 Å². The van der Waals surface area contributed by atoms with Crippen LogP contribution in [0.3, 0.4) is 0 Å². The number of hydrogen-bond acceptors (Lipinski definition) is 5. The number of carbonyl (C=O) groups excluding carboxylic acids is 1. The van der Waals surface area contributed by atoms with Crippen molar-refractivity contribution in [2.45, 2.75) is 37.8 Å². The number of halogens is 3. The highest BCUT2D eigenvalue weighted by Crippen LogP contribution is 2.32. The van der Waals surface area contributed by atoms with Gasteiger partial charge in [0.1, 0.15) is 22.9 Å². The Kier molecular flexibility index (Phi) is 5.91. The summed E-state index contributed by atoms with van der Waals surface area (Å²) in [5.74, 6) is -2.60. The first kappa shape index (κ1) is 22.9. The van der Waals surface area contributed by atoms with E-state index in [0.29, 0.717) is 28.7 Å². The van der Waals surface area contributed by atoms with Crippen LogP contribution in [0.5, 0.6) is 0 Å². The molecule has 0 aromatic carbocycles. The van der Waals surface area contributed by atoms with Gasteiger partial charge in [-0.1, -0.05) is 0 Å². The molecule has 0 aliphatic heterocycles. The van der Waals surface area contributed by atoms with E-state index in [1.807, 2.05) is 0 Å². The molecule has 1 aliphatic rings. The molecule has 4 aromatic heterocycles. The van der Waals surface area contributed by atoms with Crippen molar-refractivity contribution in [1.82, 2.24) is 29.4 Å². The van der Waals surface area contributed by atoms with Gasteiger partial charge in [0.05, 0.1) is 12.5 Å². The molecule has 1 fully saturated rings. The van der Waals surface area contributed by atoms with Crippen molar-refractivity contribution in [3.8, 4) is 11.3 Å². The van der Waals surface area contributed by atoms with Gasteiger partial charge in [-0.25, -0.2) is 28.1 Å². The SMILES string of the molecule is Cn1cnc(C(=O)NC2CCCC(Nc3nc(-c4cn(C)c5ncc(F)cc45)c(F)cc3F)C2)c1. The number of nitrogens with one attached hydrogen (secondary N) is 2. The van der Waals surface area contributed by atoms with Gasteiger partial charge in [-0.2, -0.15) is 0 Å². The smallest absolute Gasteiger partial charge is 0.271 e. The van der Waals surface area contributed by atoms with Crippen LogP contribution in [-0.4, -0.2) is 42.1 Å². The molecule has 2 N–H and O–H groups in total. The van der Waals surface area contributed by atoms with Crippen molar-refractivity contribution in [2.24, 2.45) is 14.1 Å². The molecule has 4 aromatic rings. The minimum absolute atomic E-state index is 0.0931. The molecule has 1 amide bonds.